The Hall–Kier alpha value is -2.19. The number of thioether (sulfide) groups is 1. The normalized spacial score (nSPS) is 28.3. The second kappa shape index (κ2) is 6.42. The molecule has 9 heteroatoms. The van der Waals surface area contributed by atoms with Crippen molar-refractivity contribution in [2.45, 2.75) is 30.6 Å². The Morgan fingerprint density at radius 3 is 2.79 bits per heavy atom. The fourth-order valence-electron chi connectivity index (χ4n) is 3.80. The maximum atomic E-state index is 14.7. The number of nitrogens with two attached hydrogens (primary N) is 1. The summed E-state index contributed by atoms with van der Waals surface area (Å²) in [5, 5.41) is 3.29. The van der Waals surface area contributed by atoms with Crippen molar-refractivity contribution in [3.63, 3.8) is 0 Å². The molecule has 3 atom stereocenters. The zero-order valence-electron chi connectivity index (χ0n) is 15.1. The summed E-state index contributed by atoms with van der Waals surface area (Å²) in [5.74, 6) is -2.58. The van der Waals surface area contributed by atoms with Gasteiger partial charge in [0.15, 0.2) is 16.8 Å². The van der Waals surface area contributed by atoms with Gasteiger partial charge in [0.1, 0.15) is 5.69 Å². The number of fused-ring (bicyclic) bond motifs is 1. The highest BCUT2D eigenvalue weighted by molar-refractivity contribution is 8.15. The first-order chi connectivity index (χ1) is 13.1. The van der Waals surface area contributed by atoms with Gasteiger partial charge in [0.2, 0.25) is 0 Å². The van der Waals surface area contributed by atoms with Crippen LogP contribution in [0.4, 0.5) is 14.5 Å². The first kappa shape index (κ1) is 19.1. The zero-order chi connectivity index (χ0) is 20.3. The SMILES string of the molecule is C[C@]12C[C@H]1[C@@](C)(c1cc(NC(=O)c3ccc(Cl)cn3)cc(F)c1F)N=C(N)S2. The number of benzene rings is 1. The fourth-order valence-corrected chi connectivity index (χ4v) is 5.25. The summed E-state index contributed by atoms with van der Waals surface area (Å²) in [6.45, 7) is 3.79. The maximum absolute atomic E-state index is 14.7. The molecule has 2 aromatic rings. The number of anilines is 1. The summed E-state index contributed by atoms with van der Waals surface area (Å²) in [6.07, 6.45) is 2.13. The van der Waals surface area contributed by atoms with Crippen molar-refractivity contribution < 1.29 is 13.6 Å². The zero-order valence-corrected chi connectivity index (χ0v) is 16.7. The molecule has 28 heavy (non-hydrogen) atoms. The van der Waals surface area contributed by atoms with Crippen LogP contribution in [0.25, 0.3) is 0 Å². The van der Waals surface area contributed by atoms with E-state index in [0.29, 0.717) is 10.2 Å². The number of hydrogen-bond donors (Lipinski definition) is 2. The van der Waals surface area contributed by atoms with Crippen molar-refractivity contribution in [1.82, 2.24) is 4.98 Å². The van der Waals surface area contributed by atoms with E-state index in [0.717, 1.165) is 12.5 Å². The molecule has 4 rings (SSSR count). The van der Waals surface area contributed by atoms with Gasteiger partial charge in [-0.15, -0.1) is 0 Å². The summed E-state index contributed by atoms with van der Waals surface area (Å²) in [7, 11) is 0. The number of amides is 1. The monoisotopic (exact) mass is 422 g/mol. The molecule has 2 heterocycles. The van der Waals surface area contributed by atoms with Gasteiger partial charge in [0.25, 0.3) is 5.91 Å². The fraction of sp³-hybridized carbons (Fsp3) is 0.316. The van der Waals surface area contributed by atoms with E-state index >= 15 is 0 Å². The highest BCUT2D eigenvalue weighted by atomic mass is 35.5. The summed E-state index contributed by atoms with van der Waals surface area (Å²) in [5.41, 5.74) is 5.24. The molecule has 1 aliphatic carbocycles. The van der Waals surface area contributed by atoms with Crippen LogP contribution in [0.5, 0.6) is 0 Å². The van der Waals surface area contributed by atoms with Crippen molar-refractivity contribution in [3.8, 4) is 0 Å². The highest BCUT2D eigenvalue weighted by Crippen LogP contribution is 2.65. The van der Waals surface area contributed by atoms with Crippen LogP contribution >= 0.6 is 23.4 Å². The van der Waals surface area contributed by atoms with Crippen LogP contribution in [0.2, 0.25) is 5.02 Å². The van der Waals surface area contributed by atoms with Gasteiger partial charge in [-0.25, -0.2) is 13.8 Å². The Morgan fingerprint density at radius 1 is 1.36 bits per heavy atom. The third-order valence-corrected chi connectivity index (χ3v) is 6.78. The lowest BCUT2D eigenvalue weighted by Gasteiger charge is -2.33. The predicted molar refractivity (Wildman–Crippen MR) is 107 cm³/mol. The standard InChI is InChI=1S/C19H17ClF2N4OS/c1-18-7-14(18)19(2,26-17(23)28-18)11-5-10(6-12(21)15(11)22)25-16(27)13-4-3-9(20)8-24-13/h3-6,8,14H,7H2,1-2H3,(H2,23,26)(H,25,27)/t14-,18+,19-/m1/s1. The van der Waals surface area contributed by atoms with Crippen molar-refractivity contribution in [1.29, 1.82) is 0 Å². The molecule has 0 radical (unpaired) electrons. The molecule has 0 saturated heterocycles. The number of rotatable bonds is 3. The van der Waals surface area contributed by atoms with Gasteiger partial charge in [-0.3, -0.25) is 9.79 Å². The van der Waals surface area contributed by atoms with E-state index in [4.69, 9.17) is 17.3 Å². The first-order valence-electron chi connectivity index (χ1n) is 8.59. The summed E-state index contributed by atoms with van der Waals surface area (Å²) in [6, 6.07) is 5.32. The van der Waals surface area contributed by atoms with Gasteiger partial charge in [-0.1, -0.05) is 23.4 Å². The molecule has 3 N–H and O–H groups in total. The Bertz CT molecular complexity index is 1020. The van der Waals surface area contributed by atoms with E-state index in [1.54, 1.807) is 6.92 Å². The number of carbonyl (C=O) groups excluding carboxylic acids is 1. The van der Waals surface area contributed by atoms with Gasteiger partial charge in [0, 0.05) is 34.2 Å². The lowest BCUT2D eigenvalue weighted by molar-refractivity contribution is 0.102. The quantitative estimate of drug-likeness (QED) is 0.771. The van der Waals surface area contributed by atoms with Crippen LogP contribution in [0.3, 0.4) is 0 Å². The third-order valence-electron chi connectivity index (χ3n) is 5.34. The van der Waals surface area contributed by atoms with Crippen LogP contribution in [0.15, 0.2) is 35.5 Å². The minimum absolute atomic E-state index is 0.0232. The van der Waals surface area contributed by atoms with Crippen LogP contribution in [0, 0.1) is 17.6 Å². The minimum Gasteiger partial charge on any atom is -0.378 e. The van der Waals surface area contributed by atoms with E-state index in [1.807, 2.05) is 6.92 Å². The molecule has 0 bridgehead atoms. The van der Waals surface area contributed by atoms with Crippen LogP contribution in [-0.4, -0.2) is 20.8 Å². The van der Waals surface area contributed by atoms with Crippen LogP contribution in [0.1, 0.15) is 36.3 Å². The molecule has 0 unspecified atom stereocenters. The van der Waals surface area contributed by atoms with E-state index in [1.165, 1.54) is 36.2 Å². The number of nitrogens with zero attached hydrogens (tertiary/aromatic N) is 2. The van der Waals surface area contributed by atoms with Gasteiger partial charge in [-0.2, -0.15) is 0 Å². The molecule has 1 aromatic heterocycles. The van der Waals surface area contributed by atoms with Crippen LogP contribution < -0.4 is 11.1 Å². The third kappa shape index (κ3) is 3.14. The lowest BCUT2D eigenvalue weighted by atomic mass is 9.85. The molecule has 1 aromatic carbocycles. The summed E-state index contributed by atoms with van der Waals surface area (Å²) in [4.78, 5) is 20.8. The summed E-state index contributed by atoms with van der Waals surface area (Å²) < 4.78 is 28.9. The van der Waals surface area contributed by atoms with E-state index in [9.17, 15) is 13.6 Å². The molecule has 1 fully saturated rings. The Balaban J connectivity index is 1.70. The lowest BCUT2D eigenvalue weighted by Crippen LogP contribution is -2.35. The smallest absolute Gasteiger partial charge is 0.274 e. The molecule has 1 aliphatic heterocycles. The topological polar surface area (TPSA) is 80.4 Å². The Morgan fingerprint density at radius 2 is 2.11 bits per heavy atom. The second-order valence-electron chi connectivity index (χ2n) is 7.40. The van der Waals surface area contributed by atoms with Gasteiger partial charge in [0.05, 0.1) is 10.6 Å². The largest absolute Gasteiger partial charge is 0.378 e. The number of hydrogen-bond acceptors (Lipinski definition) is 5. The second-order valence-corrected chi connectivity index (χ2v) is 9.40. The molecular formula is C19H17ClF2N4OS. The number of aliphatic imine (C=N–C) groups is 1. The average Bonchev–Trinajstić information content (AvgIpc) is 3.30. The number of pyridine rings is 1. The van der Waals surface area contributed by atoms with Crippen LogP contribution in [-0.2, 0) is 5.54 Å². The van der Waals surface area contributed by atoms with Crippen molar-refractivity contribution in [2.75, 3.05) is 5.32 Å². The van der Waals surface area contributed by atoms with E-state index in [2.05, 4.69) is 15.3 Å². The highest BCUT2D eigenvalue weighted by Gasteiger charge is 2.64. The van der Waals surface area contributed by atoms with Gasteiger partial charge in [-0.05, 0) is 38.5 Å². The van der Waals surface area contributed by atoms with E-state index in [-0.39, 0.29) is 27.6 Å². The number of nitrogens with one attached hydrogen (secondary N) is 1. The maximum Gasteiger partial charge on any atom is 0.274 e. The number of carbonyl (C=O) groups is 1. The van der Waals surface area contributed by atoms with E-state index < -0.39 is 23.1 Å². The average molecular weight is 423 g/mol. The number of halogens is 3. The molecular weight excluding hydrogens is 406 g/mol. The predicted octanol–water partition coefficient (Wildman–Crippen LogP) is 4.32. The van der Waals surface area contributed by atoms with Gasteiger partial charge < -0.3 is 11.1 Å². The molecule has 1 amide bonds. The molecule has 1 saturated carbocycles. The van der Waals surface area contributed by atoms with Crippen molar-refractivity contribution >= 4 is 40.1 Å². The van der Waals surface area contributed by atoms with Crippen molar-refractivity contribution in [2.24, 2.45) is 16.6 Å². The number of aromatic nitrogens is 1. The minimum atomic E-state index is -1.06. The molecule has 2 aliphatic rings. The number of amidine groups is 1. The Labute approximate surface area is 169 Å². The Kier molecular flexibility index (Phi) is 4.39. The summed E-state index contributed by atoms with van der Waals surface area (Å²) >= 11 is 7.23. The molecule has 146 valence electrons. The van der Waals surface area contributed by atoms with Gasteiger partial charge >= 0.3 is 0 Å². The molecule has 0 spiro atoms. The molecule has 5 nitrogen and oxygen atoms in total. The first-order valence-corrected chi connectivity index (χ1v) is 9.78. The van der Waals surface area contributed by atoms with Crippen molar-refractivity contribution in [3.05, 3.63) is 58.4 Å².